The average molecular weight is 346 g/mol. The van der Waals surface area contributed by atoms with E-state index in [1.165, 1.54) is 32.2 Å². The summed E-state index contributed by atoms with van der Waals surface area (Å²) in [5.74, 6) is 0.779. The van der Waals surface area contributed by atoms with Crippen LogP contribution in [-0.2, 0) is 4.79 Å². The van der Waals surface area contributed by atoms with E-state index in [0.717, 1.165) is 38.9 Å². The first-order valence-corrected chi connectivity index (χ1v) is 9.26. The van der Waals surface area contributed by atoms with Crippen molar-refractivity contribution >= 4 is 18.3 Å². The van der Waals surface area contributed by atoms with Crippen molar-refractivity contribution in [2.24, 2.45) is 11.7 Å². The van der Waals surface area contributed by atoms with Gasteiger partial charge in [-0.05, 0) is 58.4 Å². The minimum absolute atomic E-state index is 0. The van der Waals surface area contributed by atoms with Gasteiger partial charge < -0.3 is 15.5 Å². The molecule has 0 saturated carbocycles. The van der Waals surface area contributed by atoms with Gasteiger partial charge in [-0.1, -0.05) is 19.8 Å². The van der Waals surface area contributed by atoms with Crippen LogP contribution in [0.2, 0.25) is 0 Å². The van der Waals surface area contributed by atoms with E-state index < -0.39 is 5.54 Å². The van der Waals surface area contributed by atoms with E-state index in [-0.39, 0.29) is 18.3 Å². The summed E-state index contributed by atoms with van der Waals surface area (Å²) < 4.78 is 0. The third kappa shape index (κ3) is 5.61. The third-order valence-electron chi connectivity index (χ3n) is 5.50. The van der Waals surface area contributed by atoms with Gasteiger partial charge >= 0.3 is 0 Å². The van der Waals surface area contributed by atoms with Crippen molar-refractivity contribution in [3.63, 3.8) is 0 Å². The number of nitrogens with zero attached hydrogens (tertiary/aromatic N) is 2. The van der Waals surface area contributed by atoms with E-state index in [4.69, 9.17) is 5.73 Å². The Labute approximate surface area is 148 Å². The number of nitrogens with two attached hydrogens (primary N) is 1. The molecule has 136 valence electrons. The minimum Gasteiger partial charge on any atom is -0.341 e. The average Bonchev–Trinajstić information content (AvgIpc) is 2.49. The van der Waals surface area contributed by atoms with E-state index in [1.807, 2.05) is 11.8 Å². The summed E-state index contributed by atoms with van der Waals surface area (Å²) in [5, 5.41) is 0. The molecule has 0 aliphatic carbocycles. The molecule has 2 aliphatic rings. The summed E-state index contributed by atoms with van der Waals surface area (Å²) in [7, 11) is 0. The molecule has 5 heteroatoms. The summed E-state index contributed by atoms with van der Waals surface area (Å²) in [6.07, 6.45) is 8.14. The van der Waals surface area contributed by atoms with Crippen molar-refractivity contribution in [1.82, 2.24) is 9.80 Å². The number of likely N-dealkylation sites (tertiary alicyclic amines) is 2. The van der Waals surface area contributed by atoms with Crippen LogP contribution in [0.5, 0.6) is 0 Å². The van der Waals surface area contributed by atoms with Crippen molar-refractivity contribution in [3.8, 4) is 0 Å². The summed E-state index contributed by atoms with van der Waals surface area (Å²) in [5.41, 5.74) is 5.57. The molecule has 3 unspecified atom stereocenters. The molecule has 2 fully saturated rings. The molecule has 0 radical (unpaired) electrons. The van der Waals surface area contributed by atoms with E-state index in [1.54, 1.807) is 0 Å². The van der Waals surface area contributed by atoms with Crippen LogP contribution < -0.4 is 5.73 Å². The van der Waals surface area contributed by atoms with Crippen LogP contribution in [0.25, 0.3) is 0 Å². The van der Waals surface area contributed by atoms with Gasteiger partial charge in [0.15, 0.2) is 0 Å². The Morgan fingerprint density at radius 3 is 2.61 bits per heavy atom. The highest BCUT2D eigenvalue weighted by atomic mass is 35.5. The van der Waals surface area contributed by atoms with E-state index in [2.05, 4.69) is 18.7 Å². The second-order valence-electron chi connectivity index (χ2n) is 7.77. The number of piperidine rings is 2. The molecule has 2 N–H and O–H groups in total. The predicted molar refractivity (Wildman–Crippen MR) is 98.9 cm³/mol. The number of amides is 1. The molecular weight excluding hydrogens is 310 g/mol. The van der Waals surface area contributed by atoms with Gasteiger partial charge in [0.25, 0.3) is 0 Å². The van der Waals surface area contributed by atoms with Crippen LogP contribution in [0.15, 0.2) is 0 Å². The molecule has 1 amide bonds. The van der Waals surface area contributed by atoms with E-state index in [0.29, 0.717) is 12.0 Å². The molecule has 2 saturated heterocycles. The lowest BCUT2D eigenvalue weighted by molar-refractivity contribution is -0.138. The lowest BCUT2D eigenvalue weighted by atomic mass is 9.91. The SMILES string of the molecule is CCCC(C)(N)C(=O)N1CCCC(CN2CCCCC2C)C1.Cl. The number of carbonyl (C=O) groups excluding carboxylic acids is 1. The molecule has 3 atom stereocenters. The molecule has 0 bridgehead atoms. The zero-order chi connectivity index (χ0) is 16.2. The van der Waals surface area contributed by atoms with Gasteiger partial charge in [0.2, 0.25) is 5.91 Å². The highest BCUT2D eigenvalue weighted by Crippen LogP contribution is 2.24. The molecule has 4 nitrogen and oxygen atoms in total. The summed E-state index contributed by atoms with van der Waals surface area (Å²) in [6, 6.07) is 0.708. The summed E-state index contributed by atoms with van der Waals surface area (Å²) >= 11 is 0. The van der Waals surface area contributed by atoms with Gasteiger partial charge in [-0.15, -0.1) is 12.4 Å². The van der Waals surface area contributed by atoms with Crippen LogP contribution in [0.4, 0.5) is 0 Å². The second kappa shape index (κ2) is 9.24. The Morgan fingerprint density at radius 2 is 1.96 bits per heavy atom. The maximum atomic E-state index is 12.7. The Morgan fingerprint density at radius 1 is 1.22 bits per heavy atom. The highest BCUT2D eigenvalue weighted by Gasteiger charge is 2.35. The fourth-order valence-corrected chi connectivity index (χ4v) is 4.15. The fraction of sp³-hybridized carbons (Fsp3) is 0.944. The smallest absolute Gasteiger partial charge is 0.242 e. The standard InChI is InChI=1S/C18H35N3O.ClH/c1-4-10-18(3,19)17(22)21-12-7-9-16(14-21)13-20-11-6-5-8-15(20)2;/h15-16H,4-14,19H2,1-3H3;1H. The molecule has 0 aromatic carbocycles. The van der Waals surface area contributed by atoms with Gasteiger partial charge in [0, 0.05) is 25.7 Å². The molecule has 0 aromatic heterocycles. The fourth-order valence-electron chi connectivity index (χ4n) is 4.15. The molecule has 0 aromatic rings. The third-order valence-corrected chi connectivity index (χ3v) is 5.50. The first kappa shape index (κ1) is 20.7. The zero-order valence-electron chi connectivity index (χ0n) is 15.2. The van der Waals surface area contributed by atoms with Gasteiger partial charge in [0.1, 0.15) is 0 Å². The van der Waals surface area contributed by atoms with Crippen molar-refractivity contribution in [1.29, 1.82) is 0 Å². The lowest BCUT2D eigenvalue weighted by Crippen LogP contribution is -2.56. The predicted octanol–water partition coefficient (Wildman–Crippen LogP) is 3.04. The largest absolute Gasteiger partial charge is 0.341 e. The molecule has 2 rings (SSSR count). The topological polar surface area (TPSA) is 49.6 Å². The maximum absolute atomic E-state index is 12.7. The van der Waals surface area contributed by atoms with Crippen molar-refractivity contribution in [2.75, 3.05) is 26.2 Å². The Hall–Kier alpha value is -0.320. The molecule has 23 heavy (non-hydrogen) atoms. The first-order valence-electron chi connectivity index (χ1n) is 9.26. The summed E-state index contributed by atoms with van der Waals surface area (Å²) in [6.45, 7) is 10.5. The van der Waals surface area contributed by atoms with Gasteiger partial charge in [-0.2, -0.15) is 0 Å². The lowest BCUT2D eigenvalue weighted by Gasteiger charge is -2.41. The number of hydrogen-bond donors (Lipinski definition) is 1. The number of halogens is 1. The zero-order valence-corrected chi connectivity index (χ0v) is 16.0. The normalized spacial score (nSPS) is 28.8. The minimum atomic E-state index is -0.685. The quantitative estimate of drug-likeness (QED) is 0.833. The van der Waals surface area contributed by atoms with Gasteiger partial charge in [0.05, 0.1) is 5.54 Å². The van der Waals surface area contributed by atoms with Crippen LogP contribution in [-0.4, -0.2) is 53.5 Å². The van der Waals surface area contributed by atoms with E-state index in [9.17, 15) is 4.79 Å². The molecule has 0 spiro atoms. The molecule has 2 aliphatic heterocycles. The van der Waals surface area contributed by atoms with Crippen LogP contribution in [0, 0.1) is 5.92 Å². The van der Waals surface area contributed by atoms with Crippen molar-refractivity contribution in [3.05, 3.63) is 0 Å². The monoisotopic (exact) mass is 345 g/mol. The van der Waals surface area contributed by atoms with E-state index >= 15 is 0 Å². The maximum Gasteiger partial charge on any atom is 0.242 e. The van der Waals surface area contributed by atoms with Crippen LogP contribution >= 0.6 is 12.4 Å². The van der Waals surface area contributed by atoms with Crippen molar-refractivity contribution in [2.45, 2.75) is 77.3 Å². The highest BCUT2D eigenvalue weighted by molar-refractivity contribution is 5.86. The van der Waals surface area contributed by atoms with Gasteiger partial charge in [-0.3, -0.25) is 4.79 Å². The summed E-state index contributed by atoms with van der Waals surface area (Å²) in [4.78, 5) is 17.4. The molecular formula is C18H36ClN3O. The van der Waals surface area contributed by atoms with Crippen LogP contribution in [0.3, 0.4) is 0 Å². The van der Waals surface area contributed by atoms with Crippen LogP contribution in [0.1, 0.15) is 65.7 Å². The Balaban J connectivity index is 0.00000264. The Bertz CT molecular complexity index is 375. The molecule has 2 heterocycles. The number of hydrogen-bond acceptors (Lipinski definition) is 3. The Kier molecular flexibility index (Phi) is 8.32. The number of rotatable bonds is 5. The number of carbonyl (C=O) groups is 1. The second-order valence-corrected chi connectivity index (χ2v) is 7.77. The van der Waals surface area contributed by atoms with Crippen molar-refractivity contribution < 1.29 is 4.79 Å². The first-order chi connectivity index (χ1) is 10.4. The van der Waals surface area contributed by atoms with Gasteiger partial charge in [-0.25, -0.2) is 0 Å².